The molecule has 1 atom stereocenters. The van der Waals surface area contributed by atoms with Gasteiger partial charge in [0, 0.05) is 6.04 Å². The summed E-state index contributed by atoms with van der Waals surface area (Å²) in [4.78, 5) is 21.7. The van der Waals surface area contributed by atoms with Gasteiger partial charge in [-0.1, -0.05) is 0 Å². The first-order chi connectivity index (χ1) is 6.47. The standard InChI is InChI=1S/C8H16N2O4/c1-5(2)10-8(13)9-4-6(11)7(12)14-3/h5-6,11H,4H2,1-3H3,(H2,9,10,13). The third-order valence-electron chi connectivity index (χ3n) is 1.35. The summed E-state index contributed by atoms with van der Waals surface area (Å²) in [6.45, 7) is 3.44. The van der Waals surface area contributed by atoms with Crippen molar-refractivity contribution >= 4 is 12.0 Å². The number of urea groups is 1. The molecule has 0 rings (SSSR count). The predicted molar refractivity (Wildman–Crippen MR) is 49.7 cm³/mol. The van der Waals surface area contributed by atoms with Crippen LogP contribution in [0.15, 0.2) is 0 Å². The van der Waals surface area contributed by atoms with Crippen LogP contribution in [0.1, 0.15) is 13.8 Å². The molecule has 82 valence electrons. The van der Waals surface area contributed by atoms with E-state index < -0.39 is 18.1 Å². The van der Waals surface area contributed by atoms with Gasteiger partial charge >= 0.3 is 12.0 Å². The minimum absolute atomic E-state index is 0.00488. The molecule has 6 nitrogen and oxygen atoms in total. The molecule has 0 fully saturated rings. The minimum Gasteiger partial charge on any atom is -0.467 e. The molecular weight excluding hydrogens is 188 g/mol. The summed E-state index contributed by atoms with van der Waals surface area (Å²) in [5, 5.41) is 14.0. The highest BCUT2D eigenvalue weighted by molar-refractivity contribution is 5.77. The Bertz CT molecular complexity index is 206. The third kappa shape index (κ3) is 5.36. The summed E-state index contributed by atoms with van der Waals surface area (Å²) in [6, 6.07) is -0.423. The average Bonchev–Trinajstić information content (AvgIpc) is 2.11. The Hall–Kier alpha value is -1.30. The number of hydrogen-bond donors (Lipinski definition) is 3. The molecule has 0 spiro atoms. The highest BCUT2D eigenvalue weighted by atomic mass is 16.5. The number of methoxy groups -OCH3 is 1. The molecule has 0 saturated carbocycles. The molecule has 0 aromatic rings. The number of amides is 2. The number of aliphatic hydroxyl groups is 1. The van der Waals surface area contributed by atoms with E-state index in [1.54, 1.807) is 13.8 Å². The number of nitrogens with one attached hydrogen (secondary N) is 2. The maximum absolute atomic E-state index is 11.0. The molecule has 0 radical (unpaired) electrons. The van der Waals surface area contributed by atoms with Crippen LogP contribution in [0.4, 0.5) is 4.79 Å². The van der Waals surface area contributed by atoms with Crippen molar-refractivity contribution in [3.8, 4) is 0 Å². The molecule has 2 amide bonds. The minimum atomic E-state index is -1.32. The van der Waals surface area contributed by atoms with Gasteiger partial charge in [0.25, 0.3) is 0 Å². The van der Waals surface area contributed by atoms with Crippen molar-refractivity contribution < 1.29 is 19.4 Å². The maximum atomic E-state index is 11.0. The average molecular weight is 204 g/mol. The first kappa shape index (κ1) is 12.7. The normalized spacial score (nSPS) is 12.1. The summed E-state index contributed by atoms with van der Waals surface area (Å²) in [6.07, 6.45) is -1.32. The molecule has 0 heterocycles. The Labute approximate surface area is 82.6 Å². The Morgan fingerprint density at radius 1 is 1.43 bits per heavy atom. The van der Waals surface area contributed by atoms with Gasteiger partial charge in [0.1, 0.15) is 0 Å². The van der Waals surface area contributed by atoms with Crippen molar-refractivity contribution in [3.63, 3.8) is 0 Å². The molecule has 0 aromatic heterocycles. The fourth-order valence-corrected chi connectivity index (χ4v) is 0.722. The van der Waals surface area contributed by atoms with Crippen molar-refractivity contribution in [3.05, 3.63) is 0 Å². The van der Waals surface area contributed by atoms with Gasteiger partial charge in [0.05, 0.1) is 13.7 Å². The molecule has 0 aromatic carbocycles. The van der Waals surface area contributed by atoms with E-state index in [0.29, 0.717) is 0 Å². The zero-order chi connectivity index (χ0) is 11.1. The predicted octanol–water partition coefficient (Wildman–Crippen LogP) is -0.772. The summed E-state index contributed by atoms with van der Waals surface area (Å²) >= 11 is 0. The molecule has 3 N–H and O–H groups in total. The topological polar surface area (TPSA) is 87.7 Å². The van der Waals surface area contributed by atoms with E-state index in [2.05, 4.69) is 15.4 Å². The van der Waals surface area contributed by atoms with E-state index in [1.807, 2.05) is 0 Å². The van der Waals surface area contributed by atoms with Crippen LogP contribution in [-0.2, 0) is 9.53 Å². The van der Waals surface area contributed by atoms with E-state index in [9.17, 15) is 9.59 Å². The molecule has 0 bridgehead atoms. The summed E-state index contributed by atoms with van der Waals surface area (Å²) < 4.78 is 4.26. The summed E-state index contributed by atoms with van der Waals surface area (Å²) in [5.41, 5.74) is 0. The zero-order valence-electron chi connectivity index (χ0n) is 8.53. The highest BCUT2D eigenvalue weighted by Gasteiger charge is 2.15. The Morgan fingerprint density at radius 2 is 2.00 bits per heavy atom. The first-order valence-corrected chi connectivity index (χ1v) is 4.27. The van der Waals surface area contributed by atoms with Crippen LogP contribution in [0.25, 0.3) is 0 Å². The van der Waals surface area contributed by atoms with Gasteiger partial charge < -0.3 is 20.5 Å². The molecule has 0 aliphatic rings. The lowest BCUT2D eigenvalue weighted by atomic mass is 10.3. The lowest BCUT2D eigenvalue weighted by Crippen LogP contribution is -2.44. The van der Waals surface area contributed by atoms with E-state index in [0.717, 1.165) is 0 Å². The lowest BCUT2D eigenvalue weighted by Gasteiger charge is -2.12. The van der Waals surface area contributed by atoms with Crippen LogP contribution in [-0.4, -0.2) is 42.9 Å². The van der Waals surface area contributed by atoms with Crippen LogP contribution < -0.4 is 10.6 Å². The van der Waals surface area contributed by atoms with Gasteiger partial charge in [0.2, 0.25) is 0 Å². The van der Waals surface area contributed by atoms with Gasteiger partial charge in [-0.25, -0.2) is 9.59 Å². The first-order valence-electron chi connectivity index (χ1n) is 4.27. The van der Waals surface area contributed by atoms with Gasteiger partial charge in [-0.15, -0.1) is 0 Å². The fraction of sp³-hybridized carbons (Fsp3) is 0.750. The number of aliphatic hydroxyl groups excluding tert-OH is 1. The number of rotatable bonds is 4. The van der Waals surface area contributed by atoms with Crippen LogP contribution in [0, 0.1) is 0 Å². The number of hydrogen-bond acceptors (Lipinski definition) is 4. The number of carbonyl (C=O) groups excluding carboxylic acids is 2. The maximum Gasteiger partial charge on any atom is 0.336 e. The van der Waals surface area contributed by atoms with Crippen molar-refractivity contribution in [2.24, 2.45) is 0 Å². The SMILES string of the molecule is COC(=O)C(O)CNC(=O)NC(C)C. The van der Waals surface area contributed by atoms with E-state index in [1.165, 1.54) is 7.11 Å². The Kier molecular flexibility index (Phi) is 5.62. The van der Waals surface area contributed by atoms with Crippen LogP contribution in [0.3, 0.4) is 0 Å². The zero-order valence-corrected chi connectivity index (χ0v) is 8.53. The molecular formula is C8H16N2O4. The molecule has 1 unspecified atom stereocenters. The third-order valence-corrected chi connectivity index (χ3v) is 1.35. The molecule has 0 aliphatic carbocycles. The molecule has 0 saturated heterocycles. The monoisotopic (exact) mass is 204 g/mol. The number of carbonyl (C=O) groups is 2. The number of esters is 1. The summed E-state index contributed by atoms with van der Waals surface area (Å²) in [7, 11) is 1.17. The Morgan fingerprint density at radius 3 is 2.43 bits per heavy atom. The van der Waals surface area contributed by atoms with Gasteiger partial charge in [-0.05, 0) is 13.8 Å². The van der Waals surface area contributed by atoms with Crippen LogP contribution in [0.5, 0.6) is 0 Å². The van der Waals surface area contributed by atoms with Crippen molar-refractivity contribution in [1.29, 1.82) is 0 Å². The molecule has 6 heteroatoms. The van der Waals surface area contributed by atoms with Crippen LogP contribution in [0.2, 0.25) is 0 Å². The van der Waals surface area contributed by atoms with E-state index >= 15 is 0 Å². The molecule has 14 heavy (non-hydrogen) atoms. The quantitative estimate of drug-likeness (QED) is 0.525. The smallest absolute Gasteiger partial charge is 0.336 e. The fourth-order valence-electron chi connectivity index (χ4n) is 0.722. The van der Waals surface area contributed by atoms with Crippen molar-refractivity contribution in [2.45, 2.75) is 26.0 Å². The highest BCUT2D eigenvalue weighted by Crippen LogP contribution is 1.85. The molecule has 0 aliphatic heterocycles. The van der Waals surface area contributed by atoms with E-state index in [-0.39, 0.29) is 12.6 Å². The second-order valence-electron chi connectivity index (χ2n) is 3.05. The van der Waals surface area contributed by atoms with E-state index in [4.69, 9.17) is 5.11 Å². The largest absolute Gasteiger partial charge is 0.467 e. The van der Waals surface area contributed by atoms with Crippen molar-refractivity contribution in [2.75, 3.05) is 13.7 Å². The van der Waals surface area contributed by atoms with Crippen LogP contribution >= 0.6 is 0 Å². The second kappa shape index (κ2) is 6.20. The summed E-state index contributed by atoms with van der Waals surface area (Å²) in [5.74, 6) is -0.769. The second-order valence-corrected chi connectivity index (χ2v) is 3.05. The van der Waals surface area contributed by atoms with Gasteiger partial charge in [0.15, 0.2) is 6.10 Å². The Balaban J connectivity index is 3.71. The van der Waals surface area contributed by atoms with Gasteiger partial charge in [-0.3, -0.25) is 0 Å². The lowest BCUT2D eigenvalue weighted by molar-refractivity contribution is -0.149. The van der Waals surface area contributed by atoms with Gasteiger partial charge in [-0.2, -0.15) is 0 Å². The number of ether oxygens (including phenoxy) is 1. The van der Waals surface area contributed by atoms with Crippen molar-refractivity contribution in [1.82, 2.24) is 10.6 Å².